The van der Waals surface area contributed by atoms with Crippen LogP contribution >= 0.6 is 0 Å². The molecule has 0 radical (unpaired) electrons. The number of hydrogen-bond donors (Lipinski definition) is 3. The fourth-order valence-corrected chi connectivity index (χ4v) is 2.19. The Balaban J connectivity index is 2.10. The number of nitrogens with zero attached hydrogens (tertiary/aromatic N) is 3. The van der Waals surface area contributed by atoms with Gasteiger partial charge in [0.1, 0.15) is 6.07 Å². The lowest BCUT2D eigenvalue weighted by molar-refractivity contribution is 0.578. The number of nitriles is 1. The van der Waals surface area contributed by atoms with Gasteiger partial charge in [-0.3, -0.25) is 10.8 Å². The molecule has 0 spiro atoms. The van der Waals surface area contributed by atoms with E-state index in [9.17, 15) is 0 Å². The summed E-state index contributed by atoms with van der Waals surface area (Å²) in [6.07, 6.45) is 3.74. The first-order valence-corrected chi connectivity index (χ1v) is 6.64. The van der Waals surface area contributed by atoms with E-state index in [4.69, 9.17) is 16.4 Å². The van der Waals surface area contributed by atoms with Crippen molar-refractivity contribution < 1.29 is 0 Å². The third-order valence-corrected chi connectivity index (χ3v) is 3.23. The van der Waals surface area contributed by atoms with E-state index in [1.54, 1.807) is 6.07 Å². The Bertz CT molecular complexity index is 551. The van der Waals surface area contributed by atoms with Crippen LogP contribution in [0.1, 0.15) is 19.3 Å². The highest BCUT2D eigenvalue weighted by Gasteiger charge is 2.11. The van der Waals surface area contributed by atoms with Crippen molar-refractivity contribution in [1.82, 2.24) is 0 Å². The van der Waals surface area contributed by atoms with Gasteiger partial charge in [-0.25, -0.2) is 0 Å². The number of hydrogen-bond acceptors (Lipinski definition) is 5. The van der Waals surface area contributed by atoms with Crippen LogP contribution in [0.25, 0.3) is 0 Å². The van der Waals surface area contributed by atoms with Gasteiger partial charge in [0.05, 0.1) is 5.69 Å². The van der Waals surface area contributed by atoms with E-state index in [0.717, 1.165) is 24.5 Å². The van der Waals surface area contributed by atoms with Gasteiger partial charge in [0.15, 0.2) is 5.84 Å². The standard InChI is InChI=1S/C14H18N6/c15-10-13(14(16)17)19-18-11-5-4-6-12(9-11)20-7-2-1-3-8-20/h4-6,9,18H,1-3,7-8H2,(H3,16,17)/b19-13+. The quantitative estimate of drug-likeness (QED) is 0.442. The Labute approximate surface area is 118 Å². The van der Waals surface area contributed by atoms with Crippen molar-refractivity contribution in [3.63, 3.8) is 0 Å². The average Bonchev–Trinajstić information content (AvgIpc) is 2.49. The predicted octanol–water partition coefficient (Wildman–Crippen LogP) is 1.90. The predicted molar refractivity (Wildman–Crippen MR) is 81.1 cm³/mol. The van der Waals surface area contributed by atoms with Gasteiger partial charge >= 0.3 is 0 Å². The molecule has 104 valence electrons. The Morgan fingerprint density at radius 1 is 1.35 bits per heavy atom. The first-order chi connectivity index (χ1) is 9.70. The molecule has 0 unspecified atom stereocenters. The Morgan fingerprint density at radius 3 is 2.75 bits per heavy atom. The zero-order valence-corrected chi connectivity index (χ0v) is 11.3. The fourth-order valence-electron chi connectivity index (χ4n) is 2.19. The maximum atomic E-state index is 8.78. The monoisotopic (exact) mass is 270 g/mol. The highest BCUT2D eigenvalue weighted by atomic mass is 15.3. The SMILES string of the molecule is N#C/C(=N\Nc1cccc(N2CCCCC2)c1)C(=N)N. The molecule has 0 atom stereocenters. The van der Waals surface area contributed by atoms with Gasteiger partial charge in [0, 0.05) is 18.8 Å². The second kappa shape index (κ2) is 6.57. The van der Waals surface area contributed by atoms with Crippen LogP contribution in [0.5, 0.6) is 0 Å². The highest BCUT2D eigenvalue weighted by Crippen LogP contribution is 2.22. The van der Waals surface area contributed by atoms with Crippen LogP contribution in [-0.2, 0) is 0 Å². The normalized spacial score (nSPS) is 15.6. The molecule has 1 aliphatic rings. The molecule has 0 saturated carbocycles. The van der Waals surface area contributed by atoms with Crippen molar-refractivity contribution in [2.45, 2.75) is 19.3 Å². The number of amidine groups is 1. The van der Waals surface area contributed by atoms with Crippen molar-refractivity contribution in [2.24, 2.45) is 10.8 Å². The zero-order valence-electron chi connectivity index (χ0n) is 11.3. The molecule has 1 aliphatic heterocycles. The first kappa shape index (κ1) is 13.9. The van der Waals surface area contributed by atoms with E-state index in [-0.39, 0.29) is 11.5 Å². The summed E-state index contributed by atoms with van der Waals surface area (Å²) in [5.74, 6) is -0.341. The molecule has 1 aromatic carbocycles. The van der Waals surface area contributed by atoms with Crippen LogP contribution in [0.3, 0.4) is 0 Å². The summed E-state index contributed by atoms with van der Waals surface area (Å²) in [5, 5.41) is 19.8. The van der Waals surface area contributed by atoms with Gasteiger partial charge in [-0.2, -0.15) is 10.4 Å². The second-order valence-corrected chi connectivity index (χ2v) is 4.70. The molecule has 0 bridgehead atoms. The molecule has 4 N–H and O–H groups in total. The van der Waals surface area contributed by atoms with Gasteiger partial charge in [0.2, 0.25) is 5.71 Å². The van der Waals surface area contributed by atoms with E-state index in [1.807, 2.05) is 18.2 Å². The molecule has 0 aliphatic carbocycles. The van der Waals surface area contributed by atoms with Gasteiger partial charge in [-0.05, 0) is 37.5 Å². The number of nitrogens with one attached hydrogen (secondary N) is 2. The van der Waals surface area contributed by atoms with Gasteiger partial charge in [-0.1, -0.05) is 6.07 Å². The Hall–Kier alpha value is -2.55. The van der Waals surface area contributed by atoms with Crippen LogP contribution in [-0.4, -0.2) is 24.6 Å². The van der Waals surface area contributed by atoms with Crippen LogP contribution < -0.4 is 16.1 Å². The summed E-state index contributed by atoms with van der Waals surface area (Å²) in [6.45, 7) is 2.15. The van der Waals surface area contributed by atoms with E-state index in [0.29, 0.717) is 0 Å². The lowest BCUT2D eigenvalue weighted by atomic mass is 10.1. The van der Waals surface area contributed by atoms with E-state index < -0.39 is 0 Å². The molecule has 6 heteroatoms. The van der Waals surface area contributed by atoms with Crippen LogP contribution in [0.4, 0.5) is 11.4 Å². The van der Waals surface area contributed by atoms with Crippen molar-refractivity contribution in [3.8, 4) is 6.07 Å². The summed E-state index contributed by atoms with van der Waals surface area (Å²) in [4.78, 5) is 2.34. The first-order valence-electron chi connectivity index (χ1n) is 6.64. The molecule has 1 aromatic rings. The molecular formula is C14H18N6. The lowest BCUT2D eigenvalue weighted by Gasteiger charge is -2.29. The number of benzene rings is 1. The maximum Gasteiger partial charge on any atom is 0.201 e. The largest absolute Gasteiger partial charge is 0.382 e. The lowest BCUT2D eigenvalue weighted by Crippen LogP contribution is -2.29. The molecular weight excluding hydrogens is 252 g/mol. The molecule has 0 amide bonds. The van der Waals surface area contributed by atoms with E-state index in [2.05, 4.69) is 21.5 Å². The number of anilines is 2. The third-order valence-electron chi connectivity index (χ3n) is 3.23. The Kier molecular flexibility index (Phi) is 4.56. The zero-order chi connectivity index (χ0) is 14.4. The molecule has 0 aromatic heterocycles. The summed E-state index contributed by atoms with van der Waals surface area (Å²) >= 11 is 0. The third kappa shape index (κ3) is 3.48. The topological polar surface area (TPSA) is 101 Å². The molecule has 20 heavy (non-hydrogen) atoms. The Morgan fingerprint density at radius 2 is 2.10 bits per heavy atom. The summed E-state index contributed by atoms with van der Waals surface area (Å²) in [5.41, 5.74) is 9.82. The number of hydrazone groups is 1. The van der Waals surface area contributed by atoms with E-state index in [1.165, 1.54) is 19.3 Å². The van der Waals surface area contributed by atoms with Crippen LogP contribution in [0.15, 0.2) is 29.4 Å². The van der Waals surface area contributed by atoms with Crippen molar-refractivity contribution in [2.75, 3.05) is 23.4 Å². The smallest absolute Gasteiger partial charge is 0.201 e. The van der Waals surface area contributed by atoms with Crippen LogP contribution in [0, 0.1) is 16.7 Å². The van der Waals surface area contributed by atoms with Crippen molar-refractivity contribution in [1.29, 1.82) is 10.7 Å². The number of nitrogens with two attached hydrogens (primary N) is 1. The van der Waals surface area contributed by atoms with E-state index >= 15 is 0 Å². The number of piperidine rings is 1. The molecule has 1 heterocycles. The average molecular weight is 270 g/mol. The molecule has 6 nitrogen and oxygen atoms in total. The highest BCUT2D eigenvalue weighted by molar-refractivity contribution is 6.45. The second-order valence-electron chi connectivity index (χ2n) is 4.70. The van der Waals surface area contributed by atoms with Gasteiger partial charge in [0.25, 0.3) is 0 Å². The fraction of sp³-hybridized carbons (Fsp3) is 0.357. The minimum atomic E-state index is -0.341. The maximum absolute atomic E-state index is 8.78. The van der Waals surface area contributed by atoms with Crippen LogP contribution in [0.2, 0.25) is 0 Å². The van der Waals surface area contributed by atoms with Gasteiger partial charge < -0.3 is 10.6 Å². The van der Waals surface area contributed by atoms with Crippen molar-refractivity contribution >= 4 is 22.9 Å². The number of rotatable bonds is 4. The molecule has 1 fully saturated rings. The minimum Gasteiger partial charge on any atom is -0.382 e. The van der Waals surface area contributed by atoms with Gasteiger partial charge in [-0.15, -0.1) is 0 Å². The van der Waals surface area contributed by atoms with Crippen molar-refractivity contribution in [3.05, 3.63) is 24.3 Å². The summed E-state index contributed by atoms with van der Waals surface area (Å²) in [7, 11) is 0. The minimum absolute atomic E-state index is 0.117. The summed E-state index contributed by atoms with van der Waals surface area (Å²) < 4.78 is 0. The molecule has 1 saturated heterocycles. The summed E-state index contributed by atoms with van der Waals surface area (Å²) in [6, 6.07) is 9.65. The molecule has 2 rings (SSSR count).